The average Bonchev–Trinajstić information content (AvgIpc) is 2.68. The lowest BCUT2D eigenvalue weighted by Crippen LogP contribution is -2.48. The Morgan fingerprint density at radius 1 is 1.03 bits per heavy atom. The highest BCUT2D eigenvalue weighted by atomic mass is 19.4. The molecule has 1 aliphatic rings. The van der Waals surface area contributed by atoms with Gasteiger partial charge in [0.1, 0.15) is 17.3 Å². The number of carbonyl (C=O) groups excluding carboxylic acids is 1. The van der Waals surface area contributed by atoms with Gasteiger partial charge in [0.15, 0.2) is 0 Å². The van der Waals surface area contributed by atoms with Crippen LogP contribution in [0.25, 0.3) is 0 Å². The third kappa shape index (κ3) is 5.60. The number of ether oxygens (including phenoxy) is 2. The molecule has 5 nitrogen and oxygen atoms in total. The quantitative estimate of drug-likeness (QED) is 0.703. The number of benzene rings is 2. The predicted molar refractivity (Wildman–Crippen MR) is 97.3 cm³/mol. The summed E-state index contributed by atoms with van der Waals surface area (Å²) in [5, 5.41) is 0. The van der Waals surface area contributed by atoms with Crippen LogP contribution in [0.4, 0.5) is 17.6 Å². The first-order chi connectivity index (χ1) is 13.7. The first kappa shape index (κ1) is 20.9. The molecule has 1 aliphatic heterocycles. The monoisotopic (exact) mass is 412 g/mol. The first-order valence-electron chi connectivity index (χ1n) is 8.95. The van der Waals surface area contributed by atoms with Crippen molar-refractivity contribution in [3.05, 3.63) is 59.4 Å². The van der Waals surface area contributed by atoms with Crippen molar-refractivity contribution in [1.29, 1.82) is 0 Å². The van der Waals surface area contributed by atoms with Gasteiger partial charge >= 0.3 is 6.36 Å². The number of carbonyl (C=O) groups is 1. The van der Waals surface area contributed by atoms with Crippen molar-refractivity contribution in [3.8, 4) is 11.5 Å². The summed E-state index contributed by atoms with van der Waals surface area (Å²) >= 11 is 0. The molecule has 2 aromatic carbocycles. The highest BCUT2D eigenvalue weighted by Gasteiger charge is 2.31. The summed E-state index contributed by atoms with van der Waals surface area (Å²) in [5.74, 6) is -0.368. The van der Waals surface area contributed by atoms with Crippen LogP contribution < -0.4 is 9.47 Å². The van der Waals surface area contributed by atoms with E-state index in [2.05, 4.69) is 9.64 Å². The number of halogens is 4. The van der Waals surface area contributed by atoms with E-state index in [1.165, 1.54) is 31.4 Å². The van der Waals surface area contributed by atoms with Crippen molar-refractivity contribution in [2.45, 2.75) is 12.9 Å². The fourth-order valence-corrected chi connectivity index (χ4v) is 3.20. The molecule has 0 bridgehead atoms. The normalized spacial score (nSPS) is 15.3. The smallest absolute Gasteiger partial charge is 0.496 e. The molecule has 1 saturated heterocycles. The highest BCUT2D eigenvalue weighted by molar-refractivity contribution is 5.94. The molecule has 1 amide bonds. The average molecular weight is 412 g/mol. The van der Waals surface area contributed by atoms with Crippen molar-refractivity contribution in [1.82, 2.24) is 9.80 Å². The Balaban J connectivity index is 1.56. The van der Waals surface area contributed by atoms with Crippen LogP contribution in [0.15, 0.2) is 42.5 Å². The van der Waals surface area contributed by atoms with E-state index in [1.54, 1.807) is 11.0 Å². The summed E-state index contributed by atoms with van der Waals surface area (Å²) < 4.78 is 59.3. The molecule has 0 spiro atoms. The molecule has 0 unspecified atom stereocenters. The van der Waals surface area contributed by atoms with Crippen molar-refractivity contribution < 1.29 is 31.8 Å². The van der Waals surface area contributed by atoms with Crippen molar-refractivity contribution in [2.24, 2.45) is 0 Å². The Kier molecular flexibility index (Phi) is 6.26. The molecule has 1 heterocycles. The molecule has 0 radical (unpaired) electrons. The molecule has 0 aliphatic carbocycles. The number of hydrogen-bond donors (Lipinski definition) is 0. The standard InChI is InChI=1S/C20H20F4N2O3/c1-28-18-7-4-16(21)12-15(18)13-25-8-10-26(11-9-25)19(27)14-2-5-17(6-3-14)29-20(22,23)24/h2-7,12H,8-11,13H2,1H3. The van der Waals surface area contributed by atoms with E-state index < -0.39 is 6.36 Å². The topological polar surface area (TPSA) is 42.0 Å². The van der Waals surface area contributed by atoms with Gasteiger partial charge in [0, 0.05) is 43.9 Å². The fourth-order valence-electron chi connectivity index (χ4n) is 3.20. The van der Waals surface area contributed by atoms with E-state index in [-0.39, 0.29) is 17.5 Å². The molecular weight excluding hydrogens is 392 g/mol. The number of nitrogens with zero attached hydrogens (tertiary/aromatic N) is 2. The third-order valence-corrected chi connectivity index (χ3v) is 4.63. The maximum absolute atomic E-state index is 13.5. The lowest BCUT2D eigenvalue weighted by Gasteiger charge is -2.35. The van der Waals surface area contributed by atoms with Crippen LogP contribution in [0.3, 0.4) is 0 Å². The fraction of sp³-hybridized carbons (Fsp3) is 0.350. The highest BCUT2D eigenvalue weighted by Crippen LogP contribution is 2.24. The van der Waals surface area contributed by atoms with Crippen LogP contribution in [-0.4, -0.2) is 55.4 Å². The molecule has 3 rings (SSSR count). The number of alkyl halides is 3. The molecule has 0 aromatic heterocycles. The van der Waals surface area contributed by atoms with Crippen LogP contribution in [0.5, 0.6) is 11.5 Å². The van der Waals surface area contributed by atoms with E-state index >= 15 is 0 Å². The summed E-state index contributed by atoms with van der Waals surface area (Å²) in [6.07, 6.45) is -4.77. The summed E-state index contributed by atoms with van der Waals surface area (Å²) in [6.45, 7) is 2.57. The van der Waals surface area contributed by atoms with Crippen LogP contribution >= 0.6 is 0 Å². The Bertz CT molecular complexity index is 848. The zero-order valence-electron chi connectivity index (χ0n) is 15.7. The van der Waals surface area contributed by atoms with E-state index in [1.807, 2.05) is 0 Å². The van der Waals surface area contributed by atoms with E-state index in [0.29, 0.717) is 44.0 Å². The van der Waals surface area contributed by atoms with Gasteiger partial charge in [0.25, 0.3) is 5.91 Å². The van der Waals surface area contributed by atoms with Gasteiger partial charge in [-0.2, -0.15) is 0 Å². The maximum atomic E-state index is 13.5. The largest absolute Gasteiger partial charge is 0.573 e. The summed E-state index contributed by atoms with van der Waals surface area (Å²) in [6, 6.07) is 9.21. The molecule has 9 heteroatoms. The predicted octanol–water partition coefficient (Wildman–Crippen LogP) is 3.69. The van der Waals surface area contributed by atoms with Gasteiger partial charge < -0.3 is 14.4 Å². The van der Waals surface area contributed by atoms with E-state index in [0.717, 1.165) is 17.7 Å². The summed E-state index contributed by atoms with van der Waals surface area (Å²) in [7, 11) is 1.53. The van der Waals surface area contributed by atoms with Gasteiger partial charge in [0.2, 0.25) is 0 Å². The van der Waals surface area contributed by atoms with Crippen LogP contribution in [-0.2, 0) is 6.54 Å². The maximum Gasteiger partial charge on any atom is 0.573 e. The zero-order valence-corrected chi connectivity index (χ0v) is 15.7. The number of piperazine rings is 1. The minimum atomic E-state index is -4.77. The van der Waals surface area contributed by atoms with Crippen LogP contribution in [0.1, 0.15) is 15.9 Å². The van der Waals surface area contributed by atoms with Crippen LogP contribution in [0, 0.1) is 5.82 Å². The van der Waals surface area contributed by atoms with Gasteiger partial charge in [0.05, 0.1) is 7.11 Å². The molecule has 0 atom stereocenters. The van der Waals surface area contributed by atoms with E-state index in [4.69, 9.17) is 4.74 Å². The Hall–Kier alpha value is -2.81. The molecule has 0 N–H and O–H groups in total. The second kappa shape index (κ2) is 8.69. The van der Waals surface area contributed by atoms with E-state index in [9.17, 15) is 22.4 Å². The minimum absolute atomic E-state index is 0.258. The molecule has 0 saturated carbocycles. The Morgan fingerprint density at radius 2 is 1.69 bits per heavy atom. The third-order valence-electron chi connectivity index (χ3n) is 4.63. The Morgan fingerprint density at radius 3 is 2.28 bits per heavy atom. The summed E-state index contributed by atoms with van der Waals surface area (Å²) in [5.41, 5.74) is 1.02. The molecular formula is C20H20F4N2O3. The SMILES string of the molecule is COc1ccc(F)cc1CN1CCN(C(=O)c2ccc(OC(F)(F)F)cc2)CC1. The number of methoxy groups -OCH3 is 1. The molecule has 2 aromatic rings. The first-order valence-corrected chi connectivity index (χ1v) is 8.95. The molecule has 1 fully saturated rings. The lowest BCUT2D eigenvalue weighted by atomic mass is 10.1. The minimum Gasteiger partial charge on any atom is -0.496 e. The molecule has 29 heavy (non-hydrogen) atoms. The molecule has 156 valence electrons. The zero-order chi connectivity index (χ0) is 21.0. The lowest BCUT2D eigenvalue weighted by molar-refractivity contribution is -0.274. The second-order valence-corrected chi connectivity index (χ2v) is 6.60. The van der Waals surface area contributed by atoms with Gasteiger partial charge in [-0.25, -0.2) is 4.39 Å². The number of hydrogen-bond acceptors (Lipinski definition) is 4. The van der Waals surface area contributed by atoms with Gasteiger partial charge in [-0.3, -0.25) is 9.69 Å². The summed E-state index contributed by atoms with van der Waals surface area (Å²) in [4.78, 5) is 16.3. The second-order valence-electron chi connectivity index (χ2n) is 6.60. The number of amides is 1. The van der Waals surface area contributed by atoms with Crippen LogP contribution in [0.2, 0.25) is 0 Å². The van der Waals surface area contributed by atoms with Gasteiger partial charge in [-0.1, -0.05) is 0 Å². The van der Waals surface area contributed by atoms with Crippen molar-refractivity contribution in [2.75, 3.05) is 33.3 Å². The van der Waals surface area contributed by atoms with Crippen molar-refractivity contribution >= 4 is 5.91 Å². The van der Waals surface area contributed by atoms with Gasteiger partial charge in [-0.15, -0.1) is 13.2 Å². The number of rotatable bonds is 5. The van der Waals surface area contributed by atoms with Crippen molar-refractivity contribution in [3.63, 3.8) is 0 Å². The van der Waals surface area contributed by atoms with Gasteiger partial charge in [-0.05, 0) is 42.5 Å². The Labute approximate surface area is 165 Å².